The molecule has 112 valence electrons. The van der Waals surface area contributed by atoms with E-state index in [9.17, 15) is 4.79 Å². The van der Waals surface area contributed by atoms with E-state index >= 15 is 0 Å². The third-order valence-corrected chi connectivity index (χ3v) is 4.24. The van der Waals surface area contributed by atoms with Crippen LogP contribution in [-0.2, 0) is 6.54 Å². The van der Waals surface area contributed by atoms with Crippen molar-refractivity contribution in [1.82, 2.24) is 14.9 Å². The zero-order valence-electron chi connectivity index (χ0n) is 12.4. The molecule has 0 aliphatic carbocycles. The molecule has 0 unspecified atom stereocenters. The molecule has 6 nitrogen and oxygen atoms in total. The number of hydrogen-bond donors (Lipinski definition) is 1. The van der Waals surface area contributed by atoms with Gasteiger partial charge in [0.25, 0.3) is 5.91 Å². The summed E-state index contributed by atoms with van der Waals surface area (Å²) >= 11 is 1.32. The summed E-state index contributed by atoms with van der Waals surface area (Å²) in [5.41, 5.74) is 6.92. The molecule has 0 fully saturated rings. The average Bonchev–Trinajstić information content (AvgIpc) is 2.87. The van der Waals surface area contributed by atoms with E-state index in [0.29, 0.717) is 23.8 Å². The zero-order valence-corrected chi connectivity index (χ0v) is 13.2. The lowest BCUT2D eigenvalue weighted by Crippen LogP contribution is -2.30. The second kappa shape index (κ2) is 6.53. The molecule has 0 saturated carbocycles. The molecule has 0 bridgehead atoms. The molecule has 0 aliphatic heterocycles. The van der Waals surface area contributed by atoms with Crippen LogP contribution in [0, 0.1) is 0 Å². The molecule has 1 amide bonds. The maximum absolute atomic E-state index is 12.6. The Kier molecular flexibility index (Phi) is 4.74. The van der Waals surface area contributed by atoms with Crippen LogP contribution in [0.1, 0.15) is 22.2 Å². The lowest BCUT2D eigenvalue weighted by Gasteiger charge is -2.20. The van der Waals surface area contributed by atoms with Gasteiger partial charge in [-0.25, -0.2) is 4.98 Å². The minimum Gasteiger partial charge on any atom is -0.382 e. The van der Waals surface area contributed by atoms with E-state index in [1.54, 1.807) is 17.3 Å². The van der Waals surface area contributed by atoms with E-state index in [0.717, 1.165) is 10.7 Å². The topological polar surface area (TPSA) is 75.4 Å². The van der Waals surface area contributed by atoms with E-state index in [4.69, 9.17) is 5.73 Å². The second-order valence-corrected chi connectivity index (χ2v) is 5.76. The number of nitrogens with zero attached hydrogens (tertiary/aromatic N) is 4. The number of anilines is 2. The first-order valence-electron chi connectivity index (χ1n) is 6.64. The molecule has 21 heavy (non-hydrogen) atoms. The molecular formula is C14H19N5OS. The Labute approximate surface area is 128 Å². The minimum atomic E-state index is -0.0857. The van der Waals surface area contributed by atoms with Gasteiger partial charge in [0.05, 0.1) is 0 Å². The Morgan fingerprint density at radius 3 is 2.52 bits per heavy atom. The first-order chi connectivity index (χ1) is 10.0. The van der Waals surface area contributed by atoms with Crippen molar-refractivity contribution in [2.24, 2.45) is 0 Å². The number of aromatic nitrogens is 2. The van der Waals surface area contributed by atoms with Crippen LogP contribution in [0.2, 0.25) is 0 Å². The van der Waals surface area contributed by atoms with Gasteiger partial charge in [-0.15, -0.1) is 0 Å². The van der Waals surface area contributed by atoms with Gasteiger partial charge in [0.15, 0.2) is 5.13 Å². The highest BCUT2D eigenvalue weighted by atomic mass is 32.1. The molecule has 2 aromatic rings. The minimum absolute atomic E-state index is 0.0857. The summed E-state index contributed by atoms with van der Waals surface area (Å²) in [4.78, 5) is 24.9. The van der Waals surface area contributed by atoms with Crippen LogP contribution in [-0.4, -0.2) is 41.4 Å². The van der Waals surface area contributed by atoms with Crippen molar-refractivity contribution in [3.8, 4) is 0 Å². The number of amides is 1. The number of carbonyl (C=O) groups excluding carboxylic acids is 1. The molecule has 7 heteroatoms. The van der Waals surface area contributed by atoms with Crippen LogP contribution in [0.5, 0.6) is 0 Å². The Morgan fingerprint density at radius 2 is 2.00 bits per heavy atom. The van der Waals surface area contributed by atoms with Crippen LogP contribution in [0.25, 0.3) is 0 Å². The lowest BCUT2D eigenvalue weighted by atomic mass is 10.2. The number of hydrogen-bond acceptors (Lipinski definition) is 6. The van der Waals surface area contributed by atoms with Gasteiger partial charge >= 0.3 is 0 Å². The number of nitrogen functional groups attached to an aromatic ring is 1. The van der Waals surface area contributed by atoms with E-state index in [1.807, 2.05) is 38.1 Å². The number of rotatable bonds is 5. The summed E-state index contributed by atoms with van der Waals surface area (Å²) in [7, 11) is 3.75. The van der Waals surface area contributed by atoms with Crippen molar-refractivity contribution >= 4 is 28.2 Å². The molecule has 2 N–H and O–H groups in total. The van der Waals surface area contributed by atoms with Gasteiger partial charge in [-0.2, -0.15) is 0 Å². The maximum Gasteiger partial charge on any atom is 0.268 e. The van der Waals surface area contributed by atoms with E-state index in [1.165, 1.54) is 11.3 Å². The van der Waals surface area contributed by atoms with Gasteiger partial charge in [0, 0.05) is 39.6 Å². The first-order valence-corrected chi connectivity index (χ1v) is 7.46. The molecule has 0 atom stereocenters. The highest BCUT2D eigenvalue weighted by Crippen LogP contribution is 2.28. The Bertz CT molecular complexity index is 611. The number of thiazole rings is 1. The van der Waals surface area contributed by atoms with Crippen molar-refractivity contribution < 1.29 is 4.79 Å². The van der Waals surface area contributed by atoms with E-state index < -0.39 is 0 Å². The van der Waals surface area contributed by atoms with Crippen LogP contribution < -0.4 is 10.6 Å². The number of nitrogens with two attached hydrogens (primary N) is 1. The summed E-state index contributed by atoms with van der Waals surface area (Å²) in [6, 6.07) is 3.80. The second-order valence-electron chi connectivity index (χ2n) is 4.78. The third kappa shape index (κ3) is 3.49. The first kappa shape index (κ1) is 15.2. The molecule has 0 aliphatic rings. The van der Waals surface area contributed by atoms with Gasteiger partial charge < -0.3 is 15.5 Å². The van der Waals surface area contributed by atoms with Gasteiger partial charge in [-0.05, 0) is 24.6 Å². The SMILES string of the molecule is CCN(Cc1ccncc1)C(=O)c1sc(N(C)C)nc1N. The third-order valence-electron chi connectivity index (χ3n) is 3.01. The predicted molar refractivity (Wildman–Crippen MR) is 85.5 cm³/mol. The average molecular weight is 305 g/mol. The lowest BCUT2D eigenvalue weighted by molar-refractivity contribution is 0.0758. The van der Waals surface area contributed by atoms with Gasteiger partial charge in [-0.1, -0.05) is 11.3 Å². The molecule has 0 saturated heterocycles. The van der Waals surface area contributed by atoms with Crippen LogP contribution in [0.4, 0.5) is 10.9 Å². The van der Waals surface area contributed by atoms with Crippen LogP contribution in [0.3, 0.4) is 0 Å². The summed E-state index contributed by atoms with van der Waals surface area (Å²) in [6.07, 6.45) is 3.44. The van der Waals surface area contributed by atoms with E-state index in [2.05, 4.69) is 9.97 Å². The van der Waals surface area contributed by atoms with Crippen LogP contribution >= 0.6 is 11.3 Å². The van der Waals surface area contributed by atoms with Crippen molar-refractivity contribution in [2.45, 2.75) is 13.5 Å². The van der Waals surface area contributed by atoms with Gasteiger partial charge in [-0.3, -0.25) is 9.78 Å². The fourth-order valence-electron chi connectivity index (χ4n) is 1.84. The highest BCUT2D eigenvalue weighted by Gasteiger charge is 2.22. The highest BCUT2D eigenvalue weighted by molar-refractivity contribution is 7.18. The summed E-state index contributed by atoms with van der Waals surface area (Å²) in [5.74, 6) is 0.208. The standard InChI is InChI=1S/C14H19N5OS/c1-4-19(9-10-5-7-16-8-6-10)13(20)11-12(15)17-14(21-11)18(2)3/h5-8H,4,9,15H2,1-3H3. The zero-order chi connectivity index (χ0) is 15.4. The van der Waals surface area contributed by atoms with Gasteiger partial charge in [0.2, 0.25) is 0 Å². The van der Waals surface area contributed by atoms with Crippen molar-refractivity contribution in [1.29, 1.82) is 0 Å². The van der Waals surface area contributed by atoms with Gasteiger partial charge in [0.1, 0.15) is 10.7 Å². The summed E-state index contributed by atoms with van der Waals surface area (Å²) in [5, 5.41) is 0.732. The monoisotopic (exact) mass is 305 g/mol. The summed E-state index contributed by atoms with van der Waals surface area (Å²) < 4.78 is 0. The Balaban J connectivity index is 2.20. The Morgan fingerprint density at radius 1 is 1.33 bits per heavy atom. The maximum atomic E-state index is 12.6. The number of carbonyl (C=O) groups is 1. The molecule has 0 aromatic carbocycles. The molecule has 0 radical (unpaired) electrons. The quantitative estimate of drug-likeness (QED) is 0.912. The number of pyridine rings is 1. The normalized spacial score (nSPS) is 10.4. The van der Waals surface area contributed by atoms with Crippen molar-refractivity contribution in [2.75, 3.05) is 31.3 Å². The molecule has 2 rings (SSSR count). The van der Waals surface area contributed by atoms with Crippen LogP contribution in [0.15, 0.2) is 24.5 Å². The summed E-state index contributed by atoms with van der Waals surface area (Å²) in [6.45, 7) is 3.09. The fraction of sp³-hybridized carbons (Fsp3) is 0.357. The van der Waals surface area contributed by atoms with E-state index in [-0.39, 0.29) is 5.91 Å². The molecule has 2 aromatic heterocycles. The molecule has 2 heterocycles. The predicted octanol–water partition coefficient (Wildman–Crippen LogP) is 1.85. The smallest absolute Gasteiger partial charge is 0.268 e. The largest absolute Gasteiger partial charge is 0.382 e. The van der Waals surface area contributed by atoms with Crippen molar-refractivity contribution in [3.05, 3.63) is 35.0 Å². The fourth-order valence-corrected chi connectivity index (χ4v) is 2.72. The Hall–Kier alpha value is -2.15. The molecule has 0 spiro atoms. The molecular weight excluding hydrogens is 286 g/mol. The van der Waals surface area contributed by atoms with Crippen molar-refractivity contribution in [3.63, 3.8) is 0 Å².